The van der Waals surface area contributed by atoms with Gasteiger partial charge in [0.2, 0.25) is 0 Å². The van der Waals surface area contributed by atoms with E-state index in [1.165, 1.54) is 12.8 Å². The van der Waals surface area contributed by atoms with Crippen LogP contribution >= 0.6 is 12.4 Å². The summed E-state index contributed by atoms with van der Waals surface area (Å²) in [5, 5.41) is 12.4. The van der Waals surface area contributed by atoms with Crippen LogP contribution in [-0.4, -0.2) is 24.3 Å². The van der Waals surface area contributed by atoms with Crippen LogP contribution in [0.2, 0.25) is 0 Å². The summed E-state index contributed by atoms with van der Waals surface area (Å²) >= 11 is 0. The molecule has 0 radical (unpaired) electrons. The highest BCUT2D eigenvalue weighted by Gasteiger charge is 2.20. The van der Waals surface area contributed by atoms with Crippen molar-refractivity contribution in [1.82, 2.24) is 5.32 Å². The molecule has 2 unspecified atom stereocenters. The first-order chi connectivity index (χ1) is 4.34. The van der Waals surface area contributed by atoms with Gasteiger partial charge >= 0.3 is 0 Å². The van der Waals surface area contributed by atoms with E-state index < -0.39 is 0 Å². The zero-order valence-electron chi connectivity index (χ0n) is 6.34. The molecule has 0 aliphatic heterocycles. The zero-order valence-corrected chi connectivity index (χ0v) is 7.16. The molecule has 1 aliphatic carbocycles. The van der Waals surface area contributed by atoms with Gasteiger partial charge in [0, 0.05) is 6.04 Å². The molecule has 2 atom stereocenters. The molecule has 0 aromatic rings. The van der Waals surface area contributed by atoms with E-state index >= 15 is 0 Å². The van der Waals surface area contributed by atoms with Gasteiger partial charge in [-0.15, -0.1) is 12.4 Å². The van der Waals surface area contributed by atoms with E-state index in [2.05, 4.69) is 5.32 Å². The number of hydrogen-bond donors (Lipinski definition) is 2. The van der Waals surface area contributed by atoms with Gasteiger partial charge in [0.25, 0.3) is 0 Å². The van der Waals surface area contributed by atoms with Crippen molar-refractivity contribution >= 4 is 12.4 Å². The largest absolute Gasteiger partial charge is 0.392 e. The Morgan fingerprint density at radius 3 is 2.30 bits per heavy atom. The number of likely N-dealkylation sites (N-methyl/N-ethyl adjacent to an activating group) is 1. The highest BCUT2D eigenvalue weighted by molar-refractivity contribution is 5.85. The monoisotopic (exact) mass is 165 g/mol. The molecule has 1 aliphatic rings. The molecule has 2 N–H and O–H groups in total. The van der Waals surface area contributed by atoms with Gasteiger partial charge in [-0.2, -0.15) is 0 Å². The lowest BCUT2D eigenvalue weighted by molar-refractivity contribution is 0.0948. The van der Waals surface area contributed by atoms with Crippen molar-refractivity contribution in [3.8, 4) is 0 Å². The molecule has 2 nitrogen and oxygen atoms in total. The van der Waals surface area contributed by atoms with Crippen molar-refractivity contribution < 1.29 is 5.11 Å². The van der Waals surface area contributed by atoms with E-state index in [4.69, 9.17) is 0 Å². The number of halogens is 1. The van der Waals surface area contributed by atoms with Gasteiger partial charge in [-0.1, -0.05) is 12.8 Å². The van der Waals surface area contributed by atoms with Gasteiger partial charge in [-0.25, -0.2) is 0 Å². The third-order valence-electron chi connectivity index (χ3n) is 2.10. The minimum Gasteiger partial charge on any atom is -0.392 e. The third kappa shape index (κ3) is 2.45. The quantitative estimate of drug-likeness (QED) is 0.606. The fourth-order valence-corrected chi connectivity index (χ4v) is 1.45. The molecule has 0 aromatic carbocycles. The average Bonchev–Trinajstić information content (AvgIpc) is 1.89. The van der Waals surface area contributed by atoms with Crippen LogP contribution in [-0.2, 0) is 0 Å². The van der Waals surface area contributed by atoms with Crippen LogP contribution in [0.1, 0.15) is 25.7 Å². The first-order valence-electron chi connectivity index (χ1n) is 3.70. The van der Waals surface area contributed by atoms with Crippen molar-refractivity contribution in [2.75, 3.05) is 7.05 Å². The molecule has 0 saturated heterocycles. The Hall–Kier alpha value is 0.210. The van der Waals surface area contributed by atoms with Crippen molar-refractivity contribution in [1.29, 1.82) is 0 Å². The summed E-state index contributed by atoms with van der Waals surface area (Å²) in [7, 11) is 1.92. The highest BCUT2D eigenvalue weighted by atomic mass is 35.5. The van der Waals surface area contributed by atoms with Gasteiger partial charge in [0.15, 0.2) is 0 Å². The molecular weight excluding hydrogens is 150 g/mol. The van der Waals surface area contributed by atoms with E-state index in [0.29, 0.717) is 6.04 Å². The van der Waals surface area contributed by atoms with Crippen LogP contribution in [0.3, 0.4) is 0 Å². The predicted molar refractivity (Wildman–Crippen MR) is 44.6 cm³/mol. The van der Waals surface area contributed by atoms with E-state index in [-0.39, 0.29) is 18.5 Å². The van der Waals surface area contributed by atoms with Crippen LogP contribution < -0.4 is 5.32 Å². The minimum atomic E-state index is -0.0938. The van der Waals surface area contributed by atoms with E-state index in [1.54, 1.807) is 0 Å². The molecule has 0 aromatic heterocycles. The Morgan fingerprint density at radius 2 is 1.90 bits per heavy atom. The van der Waals surface area contributed by atoms with Crippen molar-refractivity contribution in [3.63, 3.8) is 0 Å². The lowest BCUT2D eigenvalue weighted by Crippen LogP contribution is -2.39. The minimum absolute atomic E-state index is 0. The van der Waals surface area contributed by atoms with Gasteiger partial charge in [0.1, 0.15) is 0 Å². The summed E-state index contributed by atoms with van der Waals surface area (Å²) in [5.41, 5.74) is 0. The van der Waals surface area contributed by atoms with E-state index in [1.807, 2.05) is 7.05 Å². The van der Waals surface area contributed by atoms with Crippen molar-refractivity contribution in [3.05, 3.63) is 0 Å². The standard InChI is InChI=1S/C7H15NO.ClH/c1-8-6-4-2-3-5-7(6)9;/h6-9H,2-5H2,1H3;1H. The molecule has 0 amide bonds. The highest BCUT2D eigenvalue weighted by Crippen LogP contribution is 2.17. The van der Waals surface area contributed by atoms with Gasteiger partial charge in [-0.05, 0) is 19.9 Å². The number of aliphatic hydroxyl groups excluding tert-OH is 1. The molecule has 0 bridgehead atoms. The number of aliphatic hydroxyl groups is 1. The number of rotatable bonds is 1. The molecule has 1 rings (SSSR count). The maximum absolute atomic E-state index is 9.31. The van der Waals surface area contributed by atoms with Crippen LogP contribution in [0.5, 0.6) is 0 Å². The summed E-state index contributed by atoms with van der Waals surface area (Å²) in [5.74, 6) is 0. The van der Waals surface area contributed by atoms with Crippen LogP contribution in [0.15, 0.2) is 0 Å². The lowest BCUT2D eigenvalue weighted by Gasteiger charge is -2.26. The smallest absolute Gasteiger partial charge is 0.0693 e. The Labute approximate surface area is 68.4 Å². The summed E-state index contributed by atoms with van der Waals surface area (Å²) in [6, 6.07) is 0.360. The lowest BCUT2D eigenvalue weighted by atomic mass is 9.93. The first kappa shape index (κ1) is 10.2. The molecular formula is C7H16ClNO. The fraction of sp³-hybridized carbons (Fsp3) is 1.00. The second-order valence-electron chi connectivity index (χ2n) is 2.75. The SMILES string of the molecule is CNC1CCCCC1O.Cl. The topological polar surface area (TPSA) is 32.3 Å². The Morgan fingerprint density at radius 1 is 1.30 bits per heavy atom. The second kappa shape index (κ2) is 4.94. The molecule has 62 valence electrons. The second-order valence-corrected chi connectivity index (χ2v) is 2.75. The normalized spacial score (nSPS) is 33.0. The summed E-state index contributed by atoms with van der Waals surface area (Å²) < 4.78 is 0. The molecule has 1 saturated carbocycles. The summed E-state index contributed by atoms with van der Waals surface area (Å²) in [6.45, 7) is 0. The van der Waals surface area contributed by atoms with Gasteiger partial charge in [0.05, 0.1) is 6.10 Å². The molecule has 0 heterocycles. The van der Waals surface area contributed by atoms with Gasteiger partial charge < -0.3 is 10.4 Å². The van der Waals surface area contributed by atoms with Crippen molar-refractivity contribution in [2.24, 2.45) is 0 Å². The van der Waals surface area contributed by atoms with E-state index in [9.17, 15) is 5.11 Å². The average molecular weight is 166 g/mol. The molecule has 3 heteroatoms. The molecule has 1 fully saturated rings. The van der Waals surface area contributed by atoms with Gasteiger partial charge in [-0.3, -0.25) is 0 Å². The zero-order chi connectivity index (χ0) is 6.69. The Bertz CT molecular complexity index is 89.7. The molecule has 0 spiro atoms. The predicted octanol–water partition coefficient (Wildman–Crippen LogP) is 0.931. The summed E-state index contributed by atoms with van der Waals surface area (Å²) in [6.07, 6.45) is 4.48. The maximum atomic E-state index is 9.31. The Balaban J connectivity index is 0.000000810. The van der Waals surface area contributed by atoms with E-state index in [0.717, 1.165) is 12.8 Å². The number of hydrogen-bond acceptors (Lipinski definition) is 2. The van der Waals surface area contributed by atoms with Crippen LogP contribution in [0, 0.1) is 0 Å². The Kier molecular flexibility index (Phi) is 5.04. The van der Waals surface area contributed by atoms with Crippen LogP contribution in [0.4, 0.5) is 0 Å². The fourth-order valence-electron chi connectivity index (χ4n) is 1.45. The third-order valence-corrected chi connectivity index (χ3v) is 2.10. The first-order valence-corrected chi connectivity index (χ1v) is 3.70. The summed E-state index contributed by atoms with van der Waals surface area (Å²) in [4.78, 5) is 0. The van der Waals surface area contributed by atoms with Crippen molar-refractivity contribution in [2.45, 2.75) is 37.8 Å². The maximum Gasteiger partial charge on any atom is 0.0693 e. The van der Waals surface area contributed by atoms with Crippen LogP contribution in [0.25, 0.3) is 0 Å². The number of nitrogens with one attached hydrogen (secondary N) is 1. The molecule has 10 heavy (non-hydrogen) atoms.